The second-order valence-electron chi connectivity index (χ2n) is 33.8. The second kappa shape index (κ2) is 25.5. The second-order valence-corrected chi connectivity index (χ2v) is 33.8. The number of para-hydroxylation sites is 7. The molecule has 3 fully saturated rings. The summed E-state index contributed by atoms with van der Waals surface area (Å²) in [4.78, 5) is 13.4. The zero-order valence-electron chi connectivity index (χ0n) is 62.7. The SMILES string of the molecule is CC(C)(C)c1cc2c3c(c1)N(C1C(C4CCCCC4)CCCC1C1CCCCC1)c1cc4c(cc1B3c1ccccc1N2c1ccccc1)C1(c2ccccc2-c2ccccc21)c1cc2c(cc1N4c1ccccc1)Oc1cc(N(c3ccccc3)c3ccccc3)cc3c1B2c1ccccc1N3c1ccccc1. The summed E-state index contributed by atoms with van der Waals surface area (Å²) in [6, 6.07) is 115. The molecular weight excluding hydrogens is 1320 g/mol. The monoisotopic (exact) mass is 1410 g/mol. The highest BCUT2D eigenvalue weighted by molar-refractivity contribution is 7.00. The lowest BCUT2D eigenvalue weighted by atomic mass is 9.33. The third-order valence-corrected chi connectivity index (χ3v) is 27.1. The molecule has 0 radical (unpaired) electrons. The van der Waals surface area contributed by atoms with E-state index in [9.17, 15) is 0 Å². The Morgan fingerprint density at radius 3 is 1.30 bits per heavy atom. The maximum Gasteiger partial charge on any atom is 0.256 e. The van der Waals surface area contributed by atoms with Gasteiger partial charge in [0.15, 0.2) is 0 Å². The van der Waals surface area contributed by atoms with Crippen molar-refractivity contribution >= 4 is 126 Å². The van der Waals surface area contributed by atoms with Crippen LogP contribution >= 0.6 is 0 Å². The minimum Gasteiger partial charge on any atom is -0.458 e. The molecule has 4 aliphatic carbocycles. The number of anilines is 14. The lowest BCUT2D eigenvalue weighted by molar-refractivity contribution is 0.0839. The molecule has 13 aromatic rings. The van der Waals surface area contributed by atoms with Crippen molar-refractivity contribution in [3.8, 4) is 22.6 Å². The third kappa shape index (κ3) is 9.87. The lowest BCUT2D eigenvalue weighted by Gasteiger charge is -2.55. The molecule has 6 nitrogen and oxygen atoms in total. The first-order valence-corrected chi connectivity index (χ1v) is 40.8. The summed E-state index contributed by atoms with van der Waals surface area (Å²) in [5.74, 6) is 4.18. The lowest BCUT2D eigenvalue weighted by Crippen LogP contribution is -2.65. The molecule has 0 amide bonds. The van der Waals surface area contributed by atoms with Crippen LogP contribution in [0.3, 0.4) is 0 Å². The smallest absolute Gasteiger partial charge is 0.256 e. The topological polar surface area (TPSA) is 25.4 Å². The van der Waals surface area contributed by atoms with Crippen LogP contribution in [0.5, 0.6) is 11.5 Å². The van der Waals surface area contributed by atoms with E-state index in [2.05, 4.69) is 343 Å². The Hall–Kier alpha value is -11.2. The van der Waals surface area contributed by atoms with Crippen LogP contribution in [-0.2, 0) is 10.8 Å². The number of fused-ring (bicyclic) bond motifs is 17. The van der Waals surface area contributed by atoms with Gasteiger partial charge < -0.3 is 29.2 Å². The maximum absolute atomic E-state index is 8.05. The summed E-state index contributed by atoms with van der Waals surface area (Å²) in [6.45, 7) is 7.07. The van der Waals surface area contributed by atoms with Gasteiger partial charge >= 0.3 is 0 Å². The minimum absolute atomic E-state index is 0.0881. The van der Waals surface area contributed by atoms with Crippen molar-refractivity contribution in [2.45, 2.75) is 121 Å². The van der Waals surface area contributed by atoms with E-state index in [0.29, 0.717) is 29.7 Å². The van der Waals surface area contributed by atoms with Crippen LogP contribution < -0.4 is 62.0 Å². The van der Waals surface area contributed by atoms with Gasteiger partial charge in [-0.25, -0.2) is 0 Å². The standard InChI is InChI=1S/C101H89B2N5O/c1-100(2,3)68-58-92-97-93(59-68)108(99-75(66-34-11-4-12-35-66)50-33-51-76(99)67-36-13-5-14-37-67)91-64-89-81(62-85(91)102(97)83-54-29-31-56-87(83)105(92)71-42-19-8-20-43-71)101(79-52-27-25-48-77(79)78-49-26-28-53-80(78)101)82-63-86-95(65-90(82)107(89)73-46-23-10-24-47-73)109-96-61-74(104(69-38-15-6-16-39-69)70-40-17-7-18-41-70)60-94-98(96)103(86)84-55-30-32-57-88(84)106(94)72-44-21-9-22-45-72/h6-10,15-32,38-49,52-67,75-76,99H,4-5,11-14,33-37,50-51H2,1-3H3. The first-order valence-electron chi connectivity index (χ1n) is 40.8. The zero-order valence-corrected chi connectivity index (χ0v) is 62.7. The van der Waals surface area contributed by atoms with Gasteiger partial charge in [0, 0.05) is 80.7 Å². The fraction of sp³-hybridized carbons (Fsp3) is 0.228. The third-order valence-electron chi connectivity index (χ3n) is 27.1. The highest BCUT2D eigenvalue weighted by Gasteiger charge is 2.57. The molecular formula is C101H89B2N5O. The van der Waals surface area contributed by atoms with Crippen molar-refractivity contribution in [1.82, 2.24) is 0 Å². The van der Waals surface area contributed by atoms with Crippen LogP contribution in [0.4, 0.5) is 79.6 Å². The Bertz CT molecular complexity index is 5620. The molecule has 22 rings (SSSR count). The summed E-state index contributed by atoms with van der Waals surface area (Å²) in [7, 11) is 0. The molecule has 2 atom stereocenters. The molecule has 5 aliphatic heterocycles. The molecule has 530 valence electrons. The Labute approximate surface area is 643 Å². The molecule has 3 saturated carbocycles. The summed E-state index contributed by atoms with van der Waals surface area (Å²) in [5.41, 5.74) is 32.6. The van der Waals surface area contributed by atoms with E-state index in [1.54, 1.807) is 0 Å². The van der Waals surface area contributed by atoms with Crippen molar-refractivity contribution < 1.29 is 4.74 Å². The molecule has 5 heterocycles. The van der Waals surface area contributed by atoms with Crippen LogP contribution in [0.25, 0.3) is 11.1 Å². The molecule has 109 heavy (non-hydrogen) atoms. The maximum atomic E-state index is 8.05. The van der Waals surface area contributed by atoms with E-state index in [1.807, 2.05) is 0 Å². The van der Waals surface area contributed by atoms with Gasteiger partial charge in [-0.1, -0.05) is 279 Å². The molecule has 0 N–H and O–H groups in total. The number of rotatable bonds is 9. The molecule has 0 bridgehead atoms. The number of hydrogen-bond acceptors (Lipinski definition) is 6. The first kappa shape index (κ1) is 64.9. The van der Waals surface area contributed by atoms with E-state index < -0.39 is 5.41 Å². The van der Waals surface area contributed by atoms with Gasteiger partial charge in [-0.05, 0) is 211 Å². The van der Waals surface area contributed by atoms with Crippen molar-refractivity contribution in [1.29, 1.82) is 0 Å². The molecule has 13 aromatic carbocycles. The predicted octanol–water partition coefficient (Wildman–Crippen LogP) is 22.7. The van der Waals surface area contributed by atoms with E-state index in [4.69, 9.17) is 4.74 Å². The van der Waals surface area contributed by atoms with Gasteiger partial charge in [0.1, 0.15) is 11.5 Å². The number of ether oxygens (including phenoxy) is 1. The van der Waals surface area contributed by atoms with Gasteiger partial charge in [0.2, 0.25) is 0 Å². The Balaban J connectivity index is 0.860. The van der Waals surface area contributed by atoms with Crippen LogP contribution in [0, 0.1) is 23.7 Å². The molecule has 9 aliphatic rings. The molecule has 1 spiro atoms. The van der Waals surface area contributed by atoms with Crippen molar-refractivity contribution in [2.75, 3.05) is 24.5 Å². The average Bonchev–Trinajstić information content (AvgIpc) is 1.63. The highest BCUT2D eigenvalue weighted by Crippen LogP contribution is 2.66. The van der Waals surface area contributed by atoms with Crippen molar-refractivity contribution in [3.63, 3.8) is 0 Å². The van der Waals surface area contributed by atoms with Crippen LogP contribution in [0.15, 0.2) is 297 Å². The fourth-order valence-electron chi connectivity index (χ4n) is 22.6. The molecule has 0 aromatic heterocycles. The molecule has 8 heteroatoms. The largest absolute Gasteiger partial charge is 0.458 e. The number of benzene rings is 13. The fourth-order valence-corrected chi connectivity index (χ4v) is 22.6. The van der Waals surface area contributed by atoms with E-state index in [1.165, 1.54) is 184 Å². The van der Waals surface area contributed by atoms with Crippen LogP contribution in [-0.4, -0.2) is 19.5 Å². The Morgan fingerprint density at radius 1 is 0.330 bits per heavy atom. The Morgan fingerprint density at radius 2 is 0.771 bits per heavy atom. The average molecular weight is 1410 g/mol. The van der Waals surface area contributed by atoms with Gasteiger partial charge in [-0.2, -0.15) is 0 Å². The normalized spacial score (nSPS) is 18.9. The molecule has 0 saturated heterocycles. The number of nitrogens with zero attached hydrogens (tertiary/aromatic N) is 5. The summed E-state index contributed by atoms with van der Waals surface area (Å²) >= 11 is 0. The van der Waals surface area contributed by atoms with Crippen LogP contribution in [0.1, 0.15) is 132 Å². The Kier molecular flexibility index (Phi) is 15.2. The van der Waals surface area contributed by atoms with Gasteiger partial charge in [-0.3, -0.25) is 0 Å². The number of hydrogen-bond donors (Lipinski definition) is 0. The van der Waals surface area contributed by atoms with Crippen molar-refractivity contribution in [3.05, 3.63) is 325 Å². The van der Waals surface area contributed by atoms with Crippen molar-refractivity contribution in [2.24, 2.45) is 23.7 Å². The van der Waals surface area contributed by atoms with E-state index in [-0.39, 0.29) is 18.8 Å². The molecule has 2 unspecified atom stereocenters. The van der Waals surface area contributed by atoms with Gasteiger partial charge in [0.25, 0.3) is 13.4 Å². The summed E-state index contributed by atoms with van der Waals surface area (Å²) < 4.78 is 8.05. The first-order chi connectivity index (χ1) is 53.8. The van der Waals surface area contributed by atoms with Crippen LogP contribution in [0.2, 0.25) is 0 Å². The van der Waals surface area contributed by atoms with Gasteiger partial charge in [-0.15, -0.1) is 0 Å². The van der Waals surface area contributed by atoms with E-state index in [0.717, 1.165) is 62.5 Å². The van der Waals surface area contributed by atoms with Gasteiger partial charge in [0.05, 0.1) is 22.5 Å². The predicted molar refractivity (Wildman–Crippen MR) is 457 cm³/mol. The quantitative estimate of drug-likeness (QED) is 0.134. The summed E-state index contributed by atoms with van der Waals surface area (Å²) in [6.07, 6.45) is 17.2. The zero-order chi connectivity index (χ0) is 72.2. The highest BCUT2D eigenvalue weighted by atomic mass is 16.5. The minimum atomic E-state index is -0.815. The summed E-state index contributed by atoms with van der Waals surface area (Å²) in [5, 5.41) is 0. The van der Waals surface area contributed by atoms with E-state index >= 15 is 0 Å².